The maximum atomic E-state index is 13.1. The molecular weight excluding hydrogens is 430 g/mol. The molecule has 9 heteroatoms. The Bertz CT molecular complexity index is 1310. The lowest BCUT2D eigenvalue weighted by Crippen LogP contribution is -2.21. The van der Waals surface area contributed by atoms with Gasteiger partial charge < -0.3 is 16.1 Å². The summed E-state index contributed by atoms with van der Waals surface area (Å²) in [5.41, 5.74) is 1.70. The first-order valence-electron chi connectivity index (χ1n) is 10.0. The fourth-order valence-electron chi connectivity index (χ4n) is 3.35. The number of nitrogens with zero attached hydrogens (tertiary/aromatic N) is 3. The number of benzene rings is 2. The van der Waals surface area contributed by atoms with Crippen LogP contribution in [-0.2, 0) is 6.42 Å². The fraction of sp³-hybridized carbons (Fsp3) is 0.208. The molecule has 7 nitrogen and oxygen atoms in total. The Kier molecular flexibility index (Phi) is 6.73. The molecule has 4 N–H and O–H groups in total. The van der Waals surface area contributed by atoms with Gasteiger partial charge in [-0.2, -0.15) is 0 Å². The molecule has 0 fully saturated rings. The summed E-state index contributed by atoms with van der Waals surface area (Å²) in [5, 5.41) is 19.4. The molecule has 0 saturated heterocycles. The second kappa shape index (κ2) is 9.33. The monoisotopic (exact) mass is 454 g/mol. The van der Waals surface area contributed by atoms with Crippen LogP contribution in [0.15, 0.2) is 54.9 Å². The Balaban J connectivity index is 0.000000186. The van der Waals surface area contributed by atoms with Crippen molar-refractivity contribution in [1.29, 1.82) is 0 Å². The summed E-state index contributed by atoms with van der Waals surface area (Å²) < 4.78 is 27.6. The number of aromatic carboxylic acids is 1. The zero-order valence-corrected chi connectivity index (χ0v) is 18.4. The highest BCUT2D eigenvalue weighted by Crippen LogP contribution is 2.24. The van der Waals surface area contributed by atoms with Crippen LogP contribution >= 0.6 is 0 Å². The van der Waals surface area contributed by atoms with Gasteiger partial charge in [0.15, 0.2) is 5.82 Å². The van der Waals surface area contributed by atoms with Crippen LogP contribution in [0.25, 0.3) is 22.3 Å². The summed E-state index contributed by atoms with van der Waals surface area (Å²) in [5.74, 6) is 4.32. The average molecular weight is 454 g/mol. The van der Waals surface area contributed by atoms with Gasteiger partial charge in [-0.3, -0.25) is 4.68 Å². The molecule has 0 atom stereocenters. The number of carboxylic acids is 1. The van der Waals surface area contributed by atoms with Crippen molar-refractivity contribution >= 4 is 16.9 Å². The number of carboxylic acid groups (broad SMARTS) is 1. The topological polar surface area (TPSA) is 114 Å². The zero-order valence-electron chi connectivity index (χ0n) is 18.4. The maximum absolute atomic E-state index is 13.1. The number of nitrogen functional groups attached to an aromatic ring is 1. The number of halogens is 2. The summed E-state index contributed by atoms with van der Waals surface area (Å²) >= 11 is 0. The minimum absolute atomic E-state index is 0.0464. The second-order valence-electron chi connectivity index (χ2n) is 8.22. The third kappa shape index (κ3) is 5.89. The van der Waals surface area contributed by atoms with Crippen LogP contribution in [0.1, 0.15) is 35.5 Å². The first kappa shape index (κ1) is 23.8. The Labute approximate surface area is 189 Å². The third-order valence-corrected chi connectivity index (χ3v) is 4.79. The van der Waals surface area contributed by atoms with Gasteiger partial charge in [0.05, 0.1) is 22.4 Å². The molecule has 2 aromatic heterocycles. The number of fused-ring (bicyclic) bond motifs is 1. The number of hydrogen-bond donors (Lipinski definition) is 3. The molecule has 2 heterocycles. The Morgan fingerprint density at radius 1 is 1.15 bits per heavy atom. The molecule has 0 bridgehead atoms. The van der Waals surface area contributed by atoms with Crippen LogP contribution in [0, 0.1) is 18.6 Å². The summed E-state index contributed by atoms with van der Waals surface area (Å²) in [6.45, 7) is 5.01. The van der Waals surface area contributed by atoms with Crippen molar-refractivity contribution in [3.8, 4) is 11.4 Å². The quantitative estimate of drug-likeness (QED) is 0.400. The minimum Gasteiger partial charge on any atom is -0.478 e. The molecule has 172 valence electrons. The van der Waals surface area contributed by atoms with Crippen molar-refractivity contribution in [3.05, 3.63) is 83.3 Å². The molecule has 0 unspecified atom stereocenters. The van der Waals surface area contributed by atoms with E-state index in [9.17, 15) is 18.7 Å². The van der Waals surface area contributed by atoms with Gasteiger partial charge in [-0.25, -0.2) is 23.5 Å². The summed E-state index contributed by atoms with van der Waals surface area (Å²) in [6.07, 6.45) is 3.39. The predicted octanol–water partition coefficient (Wildman–Crippen LogP) is 4.10. The largest absolute Gasteiger partial charge is 0.478 e. The van der Waals surface area contributed by atoms with Crippen molar-refractivity contribution in [3.63, 3.8) is 0 Å². The van der Waals surface area contributed by atoms with E-state index in [-0.39, 0.29) is 17.2 Å². The summed E-state index contributed by atoms with van der Waals surface area (Å²) in [6, 6.07) is 10.3. The molecule has 33 heavy (non-hydrogen) atoms. The van der Waals surface area contributed by atoms with Crippen LogP contribution in [0.4, 0.5) is 8.78 Å². The second-order valence-corrected chi connectivity index (χ2v) is 8.22. The lowest BCUT2D eigenvalue weighted by molar-refractivity contribution is 0.0694. The van der Waals surface area contributed by atoms with E-state index in [2.05, 4.69) is 9.97 Å². The van der Waals surface area contributed by atoms with Crippen LogP contribution in [0.2, 0.25) is 0 Å². The van der Waals surface area contributed by atoms with E-state index in [0.717, 1.165) is 16.5 Å². The fourth-order valence-corrected chi connectivity index (χ4v) is 3.35. The zero-order chi connectivity index (χ0) is 24.3. The highest BCUT2D eigenvalue weighted by Gasteiger charge is 2.17. The molecule has 0 saturated carbocycles. The average Bonchev–Trinajstić information content (AvgIpc) is 3.01. The minimum atomic E-state index is -1.08. The van der Waals surface area contributed by atoms with E-state index in [0.29, 0.717) is 23.5 Å². The van der Waals surface area contributed by atoms with E-state index >= 15 is 0 Å². The highest BCUT2D eigenvalue weighted by molar-refractivity contribution is 5.88. The number of hydrogen-bond acceptors (Lipinski definition) is 5. The van der Waals surface area contributed by atoms with Gasteiger partial charge in [-0.15, -0.1) is 0 Å². The van der Waals surface area contributed by atoms with Crippen molar-refractivity contribution in [2.24, 2.45) is 0 Å². The van der Waals surface area contributed by atoms with Crippen LogP contribution < -0.4 is 5.84 Å². The Morgan fingerprint density at radius 3 is 2.45 bits per heavy atom. The number of rotatable bonds is 4. The van der Waals surface area contributed by atoms with Crippen LogP contribution in [-0.4, -0.2) is 36.4 Å². The molecule has 4 rings (SSSR count). The van der Waals surface area contributed by atoms with Gasteiger partial charge in [0.25, 0.3) is 0 Å². The normalized spacial score (nSPS) is 11.2. The van der Waals surface area contributed by atoms with Gasteiger partial charge >= 0.3 is 5.97 Å². The van der Waals surface area contributed by atoms with Crippen molar-refractivity contribution in [2.45, 2.75) is 32.8 Å². The molecule has 4 aromatic rings. The van der Waals surface area contributed by atoms with E-state index in [1.807, 2.05) is 0 Å². The van der Waals surface area contributed by atoms with Crippen LogP contribution in [0.3, 0.4) is 0 Å². The Morgan fingerprint density at radius 2 is 1.85 bits per heavy atom. The number of nitrogens with two attached hydrogens (primary N) is 1. The lowest BCUT2D eigenvalue weighted by Gasteiger charge is -2.15. The van der Waals surface area contributed by atoms with Gasteiger partial charge in [0, 0.05) is 29.8 Å². The maximum Gasteiger partial charge on any atom is 0.339 e. The van der Waals surface area contributed by atoms with Gasteiger partial charge in [0.2, 0.25) is 0 Å². The summed E-state index contributed by atoms with van der Waals surface area (Å²) in [7, 11) is 0. The number of aliphatic hydroxyl groups is 1. The van der Waals surface area contributed by atoms with Gasteiger partial charge in [-0.1, -0.05) is 12.1 Å². The number of aryl methyl sites for hydroxylation is 1. The highest BCUT2D eigenvalue weighted by atomic mass is 19.1. The molecule has 0 aliphatic heterocycles. The van der Waals surface area contributed by atoms with Crippen molar-refractivity contribution < 1.29 is 23.8 Å². The summed E-state index contributed by atoms with van der Waals surface area (Å²) in [4.78, 5) is 18.7. The molecular formula is C24H24F2N4O3. The number of aromatic nitrogens is 3. The smallest absolute Gasteiger partial charge is 0.339 e. The van der Waals surface area contributed by atoms with Crippen LogP contribution in [0.5, 0.6) is 0 Å². The third-order valence-electron chi connectivity index (χ3n) is 4.79. The lowest BCUT2D eigenvalue weighted by atomic mass is 9.98. The molecule has 0 amide bonds. The van der Waals surface area contributed by atoms with Crippen molar-refractivity contribution in [1.82, 2.24) is 14.6 Å². The Hall–Kier alpha value is -3.85. The molecule has 0 aliphatic carbocycles. The van der Waals surface area contributed by atoms with Crippen molar-refractivity contribution in [2.75, 3.05) is 5.84 Å². The van der Waals surface area contributed by atoms with Gasteiger partial charge in [0.1, 0.15) is 11.6 Å². The SMILES string of the molecule is CC(C)(O)Cc1cn(N)c2ccc(F)cc12.Cc1nc(-c2cccc(F)c2)ncc1C(=O)O. The van der Waals surface area contributed by atoms with Gasteiger partial charge in [-0.05, 0) is 56.7 Å². The molecule has 0 aliphatic rings. The molecule has 2 aromatic carbocycles. The van der Waals surface area contributed by atoms with E-state index in [4.69, 9.17) is 10.9 Å². The standard InChI is InChI=1S/C12H9FN2O2.C12H15FN2O/c1-7-10(12(16)17)6-14-11(15-7)8-3-2-4-9(13)5-8;1-12(2,16)6-8-7-15(14)11-4-3-9(13)5-10(8)11/h2-6H,1H3,(H,16,17);3-5,7,16H,6,14H2,1-2H3. The van der Waals surface area contributed by atoms with E-state index < -0.39 is 11.6 Å². The van der Waals surface area contributed by atoms with E-state index in [1.165, 1.54) is 35.1 Å². The first-order valence-corrected chi connectivity index (χ1v) is 10.0. The van der Waals surface area contributed by atoms with E-state index in [1.54, 1.807) is 45.2 Å². The first-order chi connectivity index (χ1) is 15.4. The number of carbonyl (C=O) groups is 1. The predicted molar refractivity (Wildman–Crippen MR) is 121 cm³/mol. The molecule has 0 spiro atoms. The molecule has 0 radical (unpaired) electrons.